The molecule has 26 heavy (non-hydrogen) atoms. The van der Waals surface area contributed by atoms with E-state index >= 15 is 0 Å². The van der Waals surface area contributed by atoms with Gasteiger partial charge < -0.3 is 14.4 Å². The number of benzene rings is 1. The number of rotatable bonds is 3. The Balaban J connectivity index is 1.34. The van der Waals surface area contributed by atoms with Gasteiger partial charge in [-0.05, 0) is 24.3 Å². The van der Waals surface area contributed by atoms with Crippen LogP contribution in [-0.4, -0.2) is 33.0 Å². The number of nitrogens with one attached hydrogen (secondary N) is 2. The van der Waals surface area contributed by atoms with E-state index in [-0.39, 0.29) is 6.79 Å². The maximum atomic E-state index is 12.6. The number of H-pyrrole nitrogens is 1. The summed E-state index contributed by atoms with van der Waals surface area (Å²) in [6.45, 7) is 4.59. The predicted octanol–water partition coefficient (Wildman–Crippen LogP) is 1.15. The number of piperazine rings is 1. The van der Waals surface area contributed by atoms with Crippen molar-refractivity contribution in [1.29, 1.82) is 0 Å². The Hall–Kier alpha value is -2.48. The summed E-state index contributed by atoms with van der Waals surface area (Å²) >= 11 is 0. The minimum absolute atomic E-state index is 0.272. The summed E-state index contributed by atoms with van der Waals surface area (Å²) in [4.78, 5) is 6.30. The smallest absolute Gasteiger partial charge is 0.419 e. The lowest BCUT2D eigenvalue weighted by atomic mass is 10.1. The Labute approximate surface area is 148 Å². The molecule has 0 bridgehead atoms. The average molecular weight is 367 g/mol. The third-order valence-electron chi connectivity index (χ3n) is 4.83. The summed E-state index contributed by atoms with van der Waals surface area (Å²) in [5.74, 6) is 2.30. The minimum Gasteiger partial charge on any atom is -0.454 e. The molecule has 0 aliphatic carbocycles. The van der Waals surface area contributed by atoms with Gasteiger partial charge in [-0.3, -0.25) is 4.90 Å². The monoisotopic (exact) mass is 367 g/mol. The van der Waals surface area contributed by atoms with E-state index in [1.165, 1.54) is 16.5 Å². The SMILES string of the molecule is FC(F)(F)c1ccc(N2CC[NH+](Cc3ccc4c(c3)OCO4)CC2)[nH+]c1. The summed E-state index contributed by atoms with van der Waals surface area (Å²) in [7, 11) is 0. The Bertz CT molecular complexity index is 772. The first-order valence-electron chi connectivity index (χ1n) is 8.55. The largest absolute Gasteiger partial charge is 0.454 e. The molecule has 0 unspecified atom stereocenters. The molecule has 3 heterocycles. The fraction of sp³-hybridized carbons (Fsp3) is 0.389. The van der Waals surface area contributed by atoms with Crippen LogP contribution < -0.4 is 24.3 Å². The zero-order valence-corrected chi connectivity index (χ0v) is 14.1. The normalized spacial score (nSPS) is 17.6. The van der Waals surface area contributed by atoms with Gasteiger partial charge in [-0.25, -0.2) is 4.98 Å². The lowest BCUT2D eigenvalue weighted by Gasteiger charge is -2.28. The molecule has 2 aliphatic rings. The second-order valence-corrected chi connectivity index (χ2v) is 6.56. The van der Waals surface area contributed by atoms with Gasteiger partial charge in [-0.1, -0.05) is 0 Å². The topological polar surface area (TPSA) is 40.3 Å². The van der Waals surface area contributed by atoms with Crippen molar-refractivity contribution >= 4 is 5.82 Å². The summed E-state index contributed by atoms with van der Waals surface area (Å²) < 4.78 is 48.7. The molecule has 0 amide bonds. The van der Waals surface area contributed by atoms with Crippen LogP contribution in [0.1, 0.15) is 11.1 Å². The summed E-state index contributed by atoms with van der Waals surface area (Å²) in [6, 6.07) is 8.63. The first kappa shape index (κ1) is 17.0. The standard InChI is InChI=1S/C18H18F3N3O2/c19-18(20,21)14-2-4-17(22-10-14)24-7-5-23(6-8-24)11-13-1-3-15-16(9-13)26-12-25-15/h1-4,9-10H,5-8,11-12H2/p+2. The van der Waals surface area contributed by atoms with Crippen molar-refractivity contribution < 1.29 is 32.5 Å². The molecule has 138 valence electrons. The minimum atomic E-state index is -4.32. The number of aromatic amines is 1. The zero-order chi connectivity index (χ0) is 18.1. The number of aromatic nitrogens is 1. The molecular formula is C18H20F3N3O2+2. The molecule has 1 fully saturated rings. The molecule has 5 nitrogen and oxygen atoms in total. The molecule has 1 aromatic heterocycles. The lowest BCUT2D eigenvalue weighted by Crippen LogP contribution is -3.13. The molecule has 8 heteroatoms. The molecule has 0 saturated carbocycles. The van der Waals surface area contributed by atoms with Crippen LogP contribution in [0.2, 0.25) is 0 Å². The van der Waals surface area contributed by atoms with E-state index in [1.807, 2.05) is 12.1 Å². The first-order valence-corrected chi connectivity index (χ1v) is 8.55. The third-order valence-corrected chi connectivity index (χ3v) is 4.83. The number of quaternary nitrogens is 1. The Morgan fingerprint density at radius 1 is 1.04 bits per heavy atom. The van der Waals surface area contributed by atoms with Crippen LogP contribution in [0.4, 0.5) is 19.0 Å². The van der Waals surface area contributed by atoms with Gasteiger partial charge in [-0.15, -0.1) is 0 Å². The molecule has 1 saturated heterocycles. The van der Waals surface area contributed by atoms with Crippen molar-refractivity contribution in [3.8, 4) is 11.5 Å². The van der Waals surface area contributed by atoms with Gasteiger partial charge in [-0.2, -0.15) is 13.2 Å². The fourth-order valence-corrected chi connectivity index (χ4v) is 3.37. The van der Waals surface area contributed by atoms with E-state index in [9.17, 15) is 13.2 Å². The van der Waals surface area contributed by atoms with Crippen LogP contribution in [0.25, 0.3) is 0 Å². The highest BCUT2D eigenvalue weighted by atomic mass is 19.4. The first-order chi connectivity index (χ1) is 12.5. The van der Waals surface area contributed by atoms with Crippen LogP contribution in [0.5, 0.6) is 11.5 Å². The van der Waals surface area contributed by atoms with E-state index in [2.05, 4.69) is 16.0 Å². The van der Waals surface area contributed by atoms with Gasteiger partial charge in [0.05, 0.1) is 5.56 Å². The summed E-state index contributed by atoms with van der Waals surface area (Å²) in [6.07, 6.45) is -3.29. The van der Waals surface area contributed by atoms with Crippen molar-refractivity contribution in [3.63, 3.8) is 0 Å². The highest BCUT2D eigenvalue weighted by Gasteiger charge is 2.33. The van der Waals surface area contributed by atoms with Gasteiger partial charge >= 0.3 is 6.18 Å². The van der Waals surface area contributed by atoms with Gasteiger partial charge in [0.25, 0.3) is 5.82 Å². The molecule has 2 aromatic rings. The molecule has 1 aromatic carbocycles. The highest BCUT2D eigenvalue weighted by Crippen LogP contribution is 2.32. The number of alkyl halides is 3. The van der Waals surface area contributed by atoms with E-state index < -0.39 is 11.7 Å². The van der Waals surface area contributed by atoms with Gasteiger partial charge in [0.15, 0.2) is 11.5 Å². The predicted molar refractivity (Wildman–Crippen MR) is 87.2 cm³/mol. The number of ether oxygens (including phenoxy) is 2. The number of halogens is 3. The number of hydrogen-bond acceptors (Lipinski definition) is 3. The molecule has 2 aliphatic heterocycles. The van der Waals surface area contributed by atoms with Gasteiger partial charge in [0.2, 0.25) is 6.79 Å². The van der Waals surface area contributed by atoms with Crippen LogP contribution in [0, 0.1) is 0 Å². The van der Waals surface area contributed by atoms with Crippen LogP contribution in [-0.2, 0) is 12.7 Å². The van der Waals surface area contributed by atoms with E-state index in [4.69, 9.17) is 9.47 Å². The van der Waals surface area contributed by atoms with E-state index in [0.29, 0.717) is 0 Å². The van der Waals surface area contributed by atoms with Crippen molar-refractivity contribution in [3.05, 3.63) is 47.7 Å². The van der Waals surface area contributed by atoms with Crippen LogP contribution in [0.15, 0.2) is 36.5 Å². The van der Waals surface area contributed by atoms with Crippen molar-refractivity contribution in [2.75, 3.05) is 37.9 Å². The maximum Gasteiger partial charge on any atom is 0.419 e. The summed E-state index contributed by atoms with van der Waals surface area (Å²) in [5.41, 5.74) is 0.534. The molecule has 0 spiro atoms. The van der Waals surface area contributed by atoms with Crippen molar-refractivity contribution in [2.45, 2.75) is 12.7 Å². The van der Waals surface area contributed by atoms with Crippen LogP contribution in [0.3, 0.4) is 0 Å². The average Bonchev–Trinajstić information content (AvgIpc) is 3.10. The number of nitrogens with zero attached hydrogens (tertiary/aromatic N) is 1. The third kappa shape index (κ3) is 3.55. The molecule has 2 N–H and O–H groups in total. The van der Waals surface area contributed by atoms with Gasteiger partial charge in [0.1, 0.15) is 38.9 Å². The van der Waals surface area contributed by atoms with E-state index in [0.717, 1.165) is 62.3 Å². The lowest BCUT2D eigenvalue weighted by molar-refractivity contribution is -0.914. The maximum absolute atomic E-state index is 12.6. The van der Waals surface area contributed by atoms with E-state index in [1.54, 1.807) is 0 Å². The highest BCUT2D eigenvalue weighted by molar-refractivity contribution is 5.44. The summed E-state index contributed by atoms with van der Waals surface area (Å²) in [5, 5.41) is 0. The zero-order valence-electron chi connectivity index (χ0n) is 14.1. The number of hydrogen-bond donors (Lipinski definition) is 1. The molecular weight excluding hydrogens is 347 g/mol. The Morgan fingerprint density at radius 2 is 1.81 bits per heavy atom. The van der Waals surface area contributed by atoms with Crippen molar-refractivity contribution in [2.24, 2.45) is 0 Å². The second kappa shape index (κ2) is 6.68. The number of pyridine rings is 1. The molecule has 0 radical (unpaired) electrons. The van der Waals surface area contributed by atoms with Gasteiger partial charge in [0, 0.05) is 11.6 Å². The Morgan fingerprint density at radius 3 is 2.50 bits per heavy atom. The quantitative estimate of drug-likeness (QED) is 0.885. The molecule has 0 atom stereocenters. The number of fused-ring (bicyclic) bond motifs is 1. The fourth-order valence-electron chi connectivity index (χ4n) is 3.37. The Kier molecular flexibility index (Phi) is 4.36. The second-order valence-electron chi connectivity index (χ2n) is 6.56. The number of anilines is 1. The van der Waals surface area contributed by atoms with Crippen molar-refractivity contribution in [1.82, 2.24) is 0 Å². The molecule has 4 rings (SSSR count). The van der Waals surface area contributed by atoms with Crippen LogP contribution >= 0.6 is 0 Å².